The molecular weight excluding hydrogens is 642 g/mol. The van der Waals surface area contributed by atoms with E-state index >= 15 is 0 Å². The second-order valence-corrected chi connectivity index (χ2v) is 11.5. The van der Waals surface area contributed by atoms with Crippen LogP contribution in [0, 0.1) is 5.82 Å². The number of rotatable bonds is 13. The molecule has 4 aromatic rings. The molecule has 0 unspecified atom stereocenters. The first kappa shape index (κ1) is 35.4. The molecule has 3 amide bonds. The lowest BCUT2D eigenvalue weighted by atomic mass is 10.1. The van der Waals surface area contributed by atoms with E-state index in [1.54, 1.807) is 52.3 Å². The molecule has 3 N–H and O–H groups in total. The summed E-state index contributed by atoms with van der Waals surface area (Å²) in [7, 11) is 0. The van der Waals surface area contributed by atoms with Gasteiger partial charge in [0.05, 0.1) is 12.1 Å². The van der Waals surface area contributed by atoms with Crippen LogP contribution in [0.15, 0.2) is 91.0 Å². The Labute approximate surface area is 285 Å². The van der Waals surface area contributed by atoms with Gasteiger partial charge in [-0.3, -0.25) is 14.4 Å². The van der Waals surface area contributed by atoms with Crippen molar-refractivity contribution >= 4 is 53.1 Å². The number of nitrogens with zero attached hydrogens (tertiary/aromatic N) is 2. The van der Waals surface area contributed by atoms with Crippen LogP contribution in [0.4, 0.5) is 15.8 Å². The third kappa shape index (κ3) is 9.54. The zero-order valence-electron chi connectivity index (χ0n) is 25.8. The minimum Gasteiger partial charge on any atom is -0.455 e. The minimum atomic E-state index is -0.382. The summed E-state index contributed by atoms with van der Waals surface area (Å²) in [5.41, 5.74) is 9.19. The molecule has 246 valence electrons. The van der Waals surface area contributed by atoms with E-state index in [4.69, 9.17) is 22.1 Å². The first-order valence-corrected chi connectivity index (χ1v) is 15.6. The second kappa shape index (κ2) is 16.9. The van der Waals surface area contributed by atoms with Crippen molar-refractivity contribution in [2.24, 2.45) is 5.73 Å². The van der Waals surface area contributed by atoms with Crippen LogP contribution in [-0.4, -0.2) is 30.8 Å². The number of carbonyl (C=O) groups excluding carboxylic acids is 3. The van der Waals surface area contributed by atoms with E-state index in [9.17, 15) is 18.8 Å². The van der Waals surface area contributed by atoms with E-state index in [0.29, 0.717) is 53.7 Å². The zero-order valence-corrected chi connectivity index (χ0v) is 27.4. The highest BCUT2D eigenvalue weighted by atomic mass is 35.5. The predicted octanol–water partition coefficient (Wildman–Crippen LogP) is 6.95. The molecule has 0 aromatic heterocycles. The lowest BCUT2D eigenvalue weighted by Gasteiger charge is -2.26. The first-order chi connectivity index (χ1) is 22.3. The summed E-state index contributed by atoms with van der Waals surface area (Å²) in [5.74, 6) is 0.168. The standard InChI is InChI=1S/C36H36ClFN4O4.ClH/c37-28-14-17-32(33(22-28)46-30-8-3-6-26(20-30)23-39)42(19-4-10-34(43)40-24-27-7-1-2-9-31(27)38)36(45)21-25-12-15-29(16-13-25)41-18-5-11-35(41)44;/h1-3,6-9,12-17,20,22H,4-5,10-11,18-19,21,23-24,39H2,(H,40,43);1H. The minimum absolute atomic E-state index is 0. The highest BCUT2D eigenvalue weighted by Gasteiger charge is 2.23. The van der Waals surface area contributed by atoms with E-state index < -0.39 is 0 Å². The third-order valence-electron chi connectivity index (χ3n) is 7.77. The Morgan fingerprint density at radius 1 is 0.979 bits per heavy atom. The van der Waals surface area contributed by atoms with Crippen LogP contribution < -0.4 is 25.6 Å². The number of halogens is 3. The molecule has 4 aromatic carbocycles. The van der Waals surface area contributed by atoms with Crippen molar-refractivity contribution in [3.05, 3.63) is 119 Å². The van der Waals surface area contributed by atoms with Gasteiger partial charge < -0.3 is 25.6 Å². The Kier molecular flexibility index (Phi) is 12.8. The fourth-order valence-electron chi connectivity index (χ4n) is 5.34. The predicted molar refractivity (Wildman–Crippen MR) is 185 cm³/mol. The van der Waals surface area contributed by atoms with Crippen LogP contribution in [0.5, 0.6) is 11.5 Å². The van der Waals surface area contributed by atoms with Crippen LogP contribution in [0.2, 0.25) is 5.02 Å². The van der Waals surface area contributed by atoms with Gasteiger partial charge in [-0.25, -0.2) is 4.39 Å². The van der Waals surface area contributed by atoms with Crippen LogP contribution in [0.3, 0.4) is 0 Å². The summed E-state index contributed by atoms with van der Waals surface area (Å²) in [6.07, 6.45) is 1.92. The maximum Gasteiger partial charge on any atom is 0.231 e. The Morgan fingerprint density at radius 3 is 2.49 bits per heavy atom. The van der Waals surface area contributed by atoms with E-state index in [-0.39, 0.29) is 61.9 Å². The molecule has 0 aliphatic carbocycles. The molecule has 0 spiro atoms. The second-order valence-electron chi connectivity index (χ2n) is 11.1. The van der Waals surface area contributed by atoms with Crippen molar-refractivity contribution in [3.8, 4) is 11.5 Å². The average Bonchev–Trinajstić information content (AvgIpc) is 3.49. The molecule has 0 atom stereocenters. The van der Waals surface area contributed by atoms with Crippen molar-refractivity contribution in [1.29, 1.82) is 0 Å². The number of nitrogens with one attached hydrogen (secondary N) is 1. The molecule has 11 heteroatoms. The monoisotopic (exact) mass is 678 g/mol. The zero-order chi connectivity index (χ0) is 32.5. The van der Waals surface area contributed by atoms with Gasteiger partial charge in [-0.15, -0.1) is 12.4 Å². The van der Waals surface area contributed by atoms with Crippen molar-refractivity contribution < 1.29 is 23.5 Å². The number of hydrogen-bond acceptors (Lipinski definition) is 5. The fourth-order valence-corrected chi connectivity index (χ4v) is 5.50. The Morgan fingerprint density at radius 2 is 1.77 bits per heavy atom. The SMILES string of the molecule is Cl.NCc1cccc(Oc2cc(Cl)ccc2N(CCCC(=O)NCc2ccccc2F)C(=O)Cc2ccc(N3CCCC3=O)cc2)c1. The summed E-state index contributed by atoms with van der Waals surface area (Å²) in [4.78, 5) is 42.1. The summed E-state index contributed by atoms with van der Waals surface area (Å²) in [5, 5.41) is 3.18. The normalized spacial score (nSPS) is 12.4. The van der Waals surface area contributed by atoms with Gasteiger partial charge in [0.25, 0.3) is 0 Å². The molecule has 8 nitrogen and oxygen atoms in total. The Balaban J connectivity index is 0.00000500. The smallest absolute Gasteiger partial charge is 0.231 e. The summed E-state index contributed by atoms with van der Waals surface area (Å²) in [6, 6.07) is 26.1. The van der Waals surface area contributed by atoms with Crippen LogP contribution in [0.25, 0.3) is 0 Å². The van der Waals surface area contributed by atoms with E-state index in [1.807, 2.05) is 42.5 Å². The molecule has 0 saturated carbocycles. The van der Waals surface area contributed by atoms with Gasteiger partial charge in [0.2, 0.25) is 17.7 Å². The highest BCUT2D eigenvalue weighted by molar-refractivity contribution is 6.30. The van der Waals surface area contributed by atoms with Gasteiger partial charge in [0, 0.05) is 61.4 Å². The molecule has 1 fully saturated rings. The van der Waals surface area contributed by atoms with Gasteiger partial charge in [0.1, 0.15) is 11.6 Å². The fraction of sp³-hybridized carbons (Fsp3) is 0.250. The average molecular weight is 680 g/mol. The molecule has 47 heavy (non-hydrogen) atoms. The number of hydrogen-bond donors (Lipinski definition) is 2. The van der Waals surface area contributed by atoms with Crippen LogP contribution in [0.1, 0.15) is 42.4 Å². The lowest BCUT2D eigenvalue weighted by Crippen LogP contribution is -2.34. The molecular formula is C36H37Cl2FN4O4. The third-order valence-corrected chi connectivity index (χ3v) is 8.01. The number of benzene rings is 4. The van der Waals surface area contributed by atoms with Gasteiger partial charge in [-0.1, -0.05) is 54.1 Å². The van der Waals surface area contributed by atoms with E-state index in [1.165, 1.54) is 6.07 Å². The molecule has 1 aliphatic rings. The number of carbonyl (C=O) groups is 3. The van der Waals surface area contributed by atoms with Gasteiger partial charge in [-0.05, 0) is 66.4 Å². The molecule has 1 saturated heterocycles. The number of anilines is 2. The van der Waals surface area contributed by atoms with Gasteiger partial charge >= 0.3 is 0 Å². The van der Waals surface area contributed by atoms with E-state index in [2.05, 4.69) is 5.32 Å². The van der Waals surface area contributed by atoms with Crippen molar-refractivity contribution in [1.82, 2.24) is 5.32 Å². The topological polar surface area (TPSA) is 105 Å². The quantitative estimate of drug-likeness (QED) is 0.159. The maximum atomic E-state index is 14.0. The summed E-state index contributed by atoms with van der Waals surface area (Å²) in [6.45, 7) is 1.32. The Hall–Kier alpha value is -4.44. The van der Waals surface area contributed by atoms with Gasteiger partial charge in [-0.2, -0.15) is 0 Å². The maximum absolute atomic E-state index is 14.0. The lowest BCUT2D eigenvalue weighted by molar-refractivity contribution is -0.122. The van der Waals surface area contributed by atoms with Crippen molar-refractivity contribution in [3.63, 3.8) is 0 Å². The molecule has 5 rings (SSSR count). The molecule has 1 aliphatic heterocycles. The number of ether oxygens (including phenoxy) is 1. The van der Waals surface area contributed by atoms with Gasteiger partial charge in [0.15, 0.2) is 5.75 Å². The summed E-state index contributed by atoms with van der Waals surface area (Å²) >= 11 is 6.37. The highest BCUT2D eigenvalue weighted by Crippen LogP contribution is 2.36. The number of amides is 3. The first-order valence-electron chi connectivity index (χ1n) is 15.3. The Bertz CT molecular complexity index is 1700. The largest absolute Gasteiger partial charge is 0.455 e. The number of nitrogens with two attached hydrogens (primary N) is 1. The molecule has 0 radical (unpaired) electrons. The van der Waals surface area contributed by atoms with Crippen molar-refractivity contribution in [2.45, 2.75) is 45.2 Å². The summed E-state index contributed by atoms with van der Waals surface area (Å²) < 4.78 is 20.2. The van der Waals surface area contributed by atoms with Crippen molar-refractivity contribution in [2.75, 3.05) is 22.9 Å². The van der Waals surface area contributed by atoms with Crippen LogP contribution in [-0.2, 0) is 33.9 Å². The molecule has 1 heterocycles. The van der Waals surface area contributed by atoms with Crippen LogP contribution >= 0.6 is 24.0 Å². The molecule has 0 bridgehead atoms. The van der Waals surface area contributed by atoms with E-state index in [0.717, 1.165) is 23.2 Å².